The first-order valence-electron chi connectivity index (χ1n) is 5.68. The number of para-hydroxylation sites is 1. The maximum atomic E-state index is 12.1. The van der Waals surface area contributed by atoms with E-state index >= 15 is 0 Å². The number of hydrogen-bond donors (Lipinski definition) is 2. The number of nitrogens with one attached hydrogen (secondary N) is 1. The van der Waals surface area contributed by atoms with Crippen LogP contribution in [0.5, 0.6) is 0 Å². The van der Waals surface area contributed by atoms with E-state index in [1.54, 1.807) is 6.07 Å². The average Bonchev–Trinajstić information content (AvgIpc) is 2.27. The minimum atomic E-state index is -3.54. The molecule has 0 radical (unpaired) electrons. The molecule has 0 saturated carbocycles. The monoisotopic (exact) mass is 269 g/mol. The van der Waals surface area contributed by atoms with Gasteiger partial charge in [0.1, 0.15) is 6.04 Å². The number of rotatable bonds is 2. The number of benzene rings is 1. The summed E-state index contributed by atoms with van der Waals surface area (Å²) in [6.45, 7) is 3.88. The molecule has 98 valence electrons. The molecule has 18 heavy (non-hydrogen) atoms. The normalized spacial score (nSPS) is 21.2. The van der Waals surface area contributed by atoms with E-state index < -0.39 is 27.6 Å². The van der Waals surface area contributed by atoms with Gasteiger partial charge < -0.3 is 10.4 Å². The molecule has 0 bridgehead atoms. The van der Waals surface area contributed by atoms with Crippen molar-refractivity contribution in [2.24, 2.45) is 0 Å². The number of carboxylic acids is 1. The van der Waals surface area contributed by atoms with Crippen LogP contribution in [0.4, 0.5) is 5.69 Å². The summed E-state index contributed by atoms with van der Waals surface area (Å²) >= 11 is 0. The van der Waals surface area contributed by atoms with Crippen molar-refractivity contribution in [2.75, 3.05) is 11.1 Å². The van der Waals surface area contributed by atoms with Gasteiger partial charge in [-0.3, -0.25) is 0 Å². The fourth-order valence-electron chi connectivity index (χ4n) is 2.10. The van der Waals surface area contributed by atoms with Crippen molar-refractivity contribution >= 4 is 21.5 Å². The molecule has 2 N–H and O–H groups in total. The van der Waals surface area contributed by atoms with Crippen LogP contribution in [0.25, 0.3) is 0 Å². The molecule has 1 aliphatic rings. The van der Waals surface area contributed by atoms with Gasteiger partial charge in [-0.2, -0.15) is 0 Å². The molecule has 0 amide bonds. The summed E-state index contributed by atoms with van der Waals surface area (Å²) in [6.07, 6.45) is 0. The second-order valence-corrected chi connectivity index (χ2v) is 6.69. The lowest BCUT2D eigenvalue weighted by Gasteiger charge is -2.27. The van der Waals surface area contributed by atoms with Gasteiger partial charge in [0, 0.05) is 0 Å². The van der Waals surface area contributed by atoms with Crippen molar-refractivity contribution in [2.45, 2.75) is 30.7 Å². The number of sulfone groups is 1. The number of carbonyl (C=O) groups is 1. The average molecular weight is 269 g/mol. The van der Waals surface area contributed by atoms with Crippen LogP contribution in [0.3, 0.4) is 0 Å². The maximum absolute atomic E-state index is 12.1. The van der Waals surface area contributed by atoms with Crippen LogP contribution in [0.2, 0.25) is 0 Å². The smallest absolute Gasteiger partial charge is 0.327 e. The molecule has 0 saturated heterocycles. The summed E-state index contributed by atoms with van der Waals surface area (Å²) in [7, 11) is -3.54. The van der Waals surface area contributed by atoms with E-state index in [-0.39, 0.29) is 10.8 Å². The van der Waals surface area contributed by atoms with Crippen LogP contribution in [0.1, 0.15) is 25.3 Å². The van der Waals surface area contributed by atoms with Crippen molar-refractivity contribution in [3.8, 4) is 0 Å². The van der Waals surface area contributed by atoms with Crippen LogP contribution in [-0.2, 0) is 14.6 Å². The third kappa shape index (κ3) is 2.08. The van der Waals surface area contributed by atoms with E-state index in [1.807, 2.05) is 19.9 Å². The highest BCUT2D eigenvalue weighted by molar-refractivity contribution is 7.91. The number of aliphatic carboxylic acids is 1. The third-order valence-electron chi connectivity index (χ3n) is 3.02. The Bertz CT molecular complexity index is 592. The van der Waals surface area contributed by atoms with Crippen LogP contribution < -0.4 is 5.32 Å². The molecular weight excluding hydrogens is 254 g/mol. The highest BCUT2D eigenvalue weighted by Gasteiger charge is 2.35. The Hall–Kier alpha value is -1.56. The summed E-state index contributed by atoms with van der Waals surface area (Å²) in [5, 5.41) is 11.8. The lowest BCUT2D eigenvalue weighted by molar-refractivity contribution is -0.137. The molecule has 0 spiro atoms. The number of carboxylic acid groups (broad SMARTS) is 1. The molecule has 1 atom stereocenters. The quantitative estimate of drug-likeness (QED) is 0.849. The second kappa shape index (κ2) is 4.28. The molecule has 2 rings (SSSR count). The van der Waals surface area contributed by atoms with Crippen molar-refractivity contribution in [3.05, 3.63) is 23.8 Å². The van der Waals surface area contributed by atoms with Crippen LogP contribution in [0.15, 0.2) is 23.1 Å². The minimum absolute atomic E-state index is 0.121. The fourth-order valence-corrected chi connectivity index (χ4v) is 3.72. The number of anilines is 1. The lowest BCUT2D eigenvalue weighted by Crippen LogP contribution is -2.40. The zero-order chi connectivity index (χ0) is 13.5. The summed E-state index contributed by atoms with van der Waals surface area (Å²) in [6, 6.07) is 3.94. The van der Waals surface area contributed by atoms with Crippen molar-refractivity contribution in [1.82, 2.24) is 0 Å². The van der Waals surface area contributed by atoms with Gasteiger partial charge in [0.15, 0.2) is 9.84 Å². The molecule has 5 nitrogen and oxygen atoms in total. The molecule has 1 aliphatic heterocycles. The summed E-state index contributed by atoms with van der Waals surface area (Å²) in [4.78, 5) is 11.2. The summed E-state index contributed by atoms with van der Waals surface area (Å²) in [5.74, 6) is -1.44. The molecule has 1 heterocycles. The van der Waals surface area contributed by atoms with Gasteiger partial charge in [-0.25, -0.2) is 13.2 Å². The Labute approximate surface area is 106 Å². The van der Waals surface area contributed by atoms with Gasteiger partial charge in [-0.1, -0.05) is 26.0 Å². The van der Waals surface area contributed by atoms with Gasteiger partial charge in [-0.15, -0.1) is 0 Å². The molecule has 1 unspecified atom stereocenters. The zero-order valence-corrected chi connectivity index (χ0v) is 11.0. The van der Waals surface area contributed by atoms with Gasteiger partial charge in [0.05, 0.1) is 16.3 Å². The molecule has 1 aromatic rings. The Morgan fingerprint density at radius 2 is 2.11 bits per heavy atom. The topological polar surface area (TPSA) is 83.5 Å². The van der Waals surface area contributed by atoms with E-state index in [4.69, 9.17) is 5.11 Å². The van der Waals surface area contributed by atoms with E-state index in [0.717, 1.165) is 5.56 Å². The maximum Gasteiger partial charge on any atom is 0.327 e. The first kappa shape index (κ1) is 12.9. The fraction of sp³-hybridized carbons (Fsp3) is 0.417. The number of fused-ring (bicyclic) bond motifs is 1. The Kier molecular flexibility index (Phi) is 3.06. The van der Waals surface area contributed by atoms with Gasteiger partial charge in [-0.05, 0) is 17.5 Å². The highest BCUT2D eigenvalue weighted by Crippen LogP contribution is 2.35. The predicted octanol–water partition coefficient (Wildman–Crippen LogP) is 1.46. The second-order valence-electron chi connectivity index (χ2n) is 4.69. The van der Waals surface area contributed by atoms with Crippen LogP contribution in [0, 0.1) is 0 Å². The predicted molar refractivity (Wildman–Crippen MR) is 67.6 cm³/mol. The molecular formula is C12H15NO4S. The van der Waals surface area contributed by atoms with E-state index in [1.165, 1.54) is 6.07 Å². The molecule has 0 aliphatic carbocycles. The van der Waals surface area contributed by atoms with Crippen molar-refractivity contribution < 1.29 is 18.3 Å². The van der Waals surface area contributed by atoms with E-state index in [0.29, 0.717) is 5.69 Å². The van der Waals surface area contributed by atoms with Crippen LogP contribution >= 0.6 is 0 Å². The van der Waals surface area contributed by atoms with Crippen molar-refractivity contribution in [3.63, 3.8) is 0 Å². The SMILES string of the molecule is CC(C)c1cccc2c1NC(C(=O)O)CS2(=O)=O. The van der Waals surface area contributed by atoms with E-state index in [2.05, 4.69) is 5.32 Å². The van der Waals surface area contributed by atoms with Crippen LogP contribution in [-0.4, -0.2) is 31.3 Å². The number of hydrogen-bond acceptors (Lipinski definition) is 4. The van der Waals surface area contributed by atoms with Gasteiger partial charge in [0.25, 0.3) is 0 Å². The van der Waals surface area contributed by atoms with Crippen molar-refractivity contribution in [1.29, 1.82) is 0 Å². The summed E-state index contributed by atoms with van der Waals surface area (Å²) in [5.41, 5.74) is 1.26. The molecule has 0 aromatic heterocycles. The Morgan fingerprint density at radius 3 is 2.67 bits per heavy atom. The summed E-state index contributed by atoms with van der Waals surface area (Å²) < 4.78 is 24.1. The highest BCUT2D eigenvalue weighted by atomic mass is 32.2. The third-order valence-corrected chi connectivity index (χ3v) is 4.80. The minimum Gasteiger partial charge on any atom is -0.480 e. The molecule has 1 aromatic carbocycles. The van der Waals surface area contributed by atoms with Gasteiger partial charge >= 0.3 is 5.97 Å². The molecule has 6 heteroatoms. The van der Waals surface area contributed by atoms with E-state index in [9.17, 15) is 13.2 Å². The Morgan fingerprint density at radius 1 is 1.44 bits per heavy atom. The largest absolute Gasteiger partial charge is 0.480 e. The lowest BCUT2D eigenvalue weighted by atomic mass is 10.0. The first-order chi connectivity index (χ1) is 8.33. The first-order valence-corrected chi connectivity index (χ1v) is 7.33. The molecule has 0 fully saturated rings. The Balaban J connectivity index is 2.63. The van der Waals surface area contributed by atoms with Gasteiger partial charge in [0.2, 0.25) is 0 Å². The standard InChI is InChI=1S/C12H15NO4S/c1-7(2)8-4-3-5-10-11(8)13-9(12(14)15)6-18(10,16)17/h3-5,7,9,13H,6H2,1-2H3,(H,14,15). The zero-order valence-electron chi connectivity index (χ0n) is 10.2.